The van der Waals surface area contributed by atoms with Gasteiger partial charge in [0.05, 0.1) is 11.1 Å². The van der Waals surface area contributed by atoms with E-state index in [1.54, 1.807) is 0 Å². The molecule has 0 spiro atoms. The van der Waals surface area contributed by atoms with Gasteiger partial charge in [-0.05, 0) is 52.2 Å². The topological polar surface area (TPSA) is 39.7 Å². The second-order valence-electron chi connectivity index (χ2n) is 5.52. The van der Waals surface area contributed by atoms with Crippen molar-refractivity contribution in [1.29, 1.82) is 0 Å². The molecule has 0 saturated carbocycles. The predicted octanol–water partition coefficient (Wildman–Crippen LogP) is 5.02. The van der Waals surface area contributed by atoms with E-state index in [1.807, 2.05) is 24.3 Å². The SMILES string of the molecule is CCCOc1c(Br)cc(Br)cc1CNCc1ccc2c(c1)OCO2. The largest absolute Gasteiger partial charge is 0.492 e. The Kier molecular flexibility index (Phi) is 6.03. The van der Waals surface area contributed by atoms with Crippen LogP contribution >= 0.6 is 31.9 Å². The van der Waals surface area contributed by atoms with E-state index in [2.05, 4.69) is 50.2 Å². The number of benzene rings is 2. The van der Waals surface area contributed by atoms with Gasteiger partial charge in [0.15, 0.2) is 11.5 Å². The lowest BCUT2D eigenvalue weighted by atomic mass is 10.1. The Hall–Kier alpha value is -1.24. The van der Waals surface area contributed by atoms with Crippen molar-refractivity contribution in [3.8, 4) is 17.2 Å². The molecule has 0 saturated heterocycles. The van der Waals surface area contributed by atoms with Crippen LogP contribution in [-0.4, -0.2) is 13.4 Å². The molecule has 1 aliphatic rings. The summed E-state index contributed by atoms with van der Waals surface area (Å²) in [5.74, 6) is 2.52. The number of halogens is 2. The van der Waals surface area contributed by atoms with Crippen LogP contribution in [0.15, 0.2) is 39.3 Å². The van der Waals surface area contributed by atoms with Crippen LogP contribution < -0.4 is 19.5 Å². The van der Waals surface area contributed by atoms with E-state index in [-0.39, 0.29) is 0 Å². The highest BCUT2D eigenvalue weighted by Crippen LogP contribution is 2.34. The van der Waals surface area contributed by atoms with E-state index in [1.165, 1.54) is 0 Å². The van der Waals surface area contributed by atoms with Crippen LogP contribution in [0, 0.1) is 0 Å². The molecule has 0 amide bonds. The highest BCUT2D eigenvalue weighted by atomic mass is 79.9. The van der Waals surface area contributed by atoms with E-state index in [9.17, 15) is 0 Å². The lowest BCUT2D eigenvalue weighted by Crippen LogP contribution is -2.14. The zero-order valence-corrected chi connectivity index (χ0v) is 16.6. The third-order valence-corrected chi connectivity index (χ3v) is 4.66. The normalized spacial score (nSPS) is 12.5. The third kappa shape index (κ3) is 4.23. The Morgan fingerprint density at radius 1 is 1.08 bits per heavy atom. The second kappa shape index (κ2) is 8.23. The van der Waals surface area contributed by atoms with E-state index >= 15 is 0 Å². The van der Waals surface area contributed by atoms with Gasteiger partial charge in [0, 0.05) is 23.1 Å². The first kappa shape index (κ1) is 17.6. The maximum Gasteiger partial charge on any atom is 0.231 e. The lowest BCUT2D eigenvalue weighted by molar-refractivity contribution is 0.174. The summed E-state index contributed by atoms with van der Waals surface area (Å²) in [5.41, 5.74) is 2.27. The first-order chi connectivity index (χ1) is 11.7. The number of hydrogen-bond donors (Lipinski definition) is 1. The van der Waals surface area contributed by atoms with Gasteiger partial charge in [-0.3, -0.25) is 0 Å². The van der Waals surface area contributed by atoms with Crippen LogP contribution in [0.3, 0.4) is 0 Å². The predicted molar refractivity (Wildman–Crippen MR) is 101 cm³/mol. The molecule has 0 aromatic heterocycles. The van der Waals surface area contributed by atoms with Crippen molar-refractivity contribution in [3.05, 3.63) is 50.4 Å². The lowest BCUT2D eigenvalue weighted by Gasteiger charge is -2.14. The Bertz CT molecular complexity index is 722. The summed E-state index contributed by atoms with van der Waals surface area (Å²) in [4.78, 5) is 0. The molecule has 1 heterocycles. The highest BCUT2D eigenvalue weighted by molar-refractivity contribution is 9.11. The molecule has 4 nitrogen and oxygen atoms in total. The monoisotopic (exact) mass is 455 g/mol. The van der Waals surface area contributed by atoms with Crippen LogP contribution in [0.2, 0.25) is 0 Å². The van der Waals surface area contributed by atoms with Crippen molar-refractivity contribution in [2.45, 2.75) is 26.4 Å². The zero-order valence-electron chi connectivity index (χ0n) is 13.4. The summed E-state index contributed by atoms with van der Waals surface area (Å²) in [7, 11) is 0. The van der Waals surface area contributed by atoms with Gasteiger partial charge in [-0.1, -0.05) is 28.9 Å². The maximum absolute atomic E-state index is 5.89. The number of ether oxygens (including phenoxy) is 3. The molecule has 3 rings (SSSR count). The van der Waals surface area contributed by atoms with Gasteiger partial charge in [0.2, 0.25) is 6.79 Å². The zero-order chi connectivity index (χ0) is 16.9. The van der Waals surface area contributed by atoms with Gasteiger partial charge in [-0.15, -0.1) is 0 Å². The van der Waals surface area contributed by atoms with Crippen LogP contribution in [0.1, 0.15) is 24.5 Å². The van der Waals surface area contributed by atoms with Crippen LogP contribution in [-0.2, 0) is 13.1 Å². The minimum atomic E-state index is 0.302. The van der Waals surface area contributed by atoms with E-state index < -0.39 is 0 Å². The second-order valence-corrected chi connectivity index (χ2v) is 7.29. The van der Waals surface area contributed by atoms with Gasteiger partial charge in [-0.2, -0.15) is 0 Å². The smallest absolute Gasteiger partial charge is 0.231 e. The summed E-state index contributed by atoms with van der Waals surface area (Å²) >= 11 is 7.13. The molecule has 1 N–H and O–H groups in total. The van der Waals surface area contributed by atoms with Crippen molar-refractivity contribution in [3.63, 3.8) is 0 Å². The molecule has 128 valence electrons. The molecular formula is C18H19Br2NO3. The van der Waals surface area contributed by atoms with Gasteiger partial charge >= 0.3 is 0 Å². The molecule has 6 heteroatoms. The fourth-order valence-corrected chi connectivity index (χ4v) is 3.93. The molecule has 2 aromatic carbocycles. The van der Waals surface area contributed by atoms with Crippen molar-refractivity contribution >= 4 is 31.9 Å². The molecule has 0 bridgehead atoms. The number of rotatable bonds is 7. The first-order valence-electron chi connectivity index (χ1n) is 7.87. The average molecular weight is 457 g/mol. The van der Waals surface area contributed by atoms with Gasteiger partial charge < -0.3 is 19.5 Å². The van der Waals surface area contributed by atoms with Crippen molar-refractivity contribution in [2.75, 3.05) is 13.4 Å². The van der Waals surface area contributed by atoms with Crippen LogP contribution in [0.5, 0.6) is 17.2 Å². The molecule has 0 radical (unpaired) electrons. The Balaban J connectivity index is 1.65. The Morgan fingerprint density at radius 3 is 2.75 bits per heavy atom. The maximum atomic E-state index is 5.89. The number of nitrogens with one attached hydrogen (secondary N) is 1. The molecule has 0 aliphatic carbocycles. The van der Waals surface area contributed by atoms with Gasteiger partial charge in [0.1, 0.15) is 5.75 Å². The summed E-state index contributed by atoms with van der Waals surface area (Å²) in [6, 6.07) is 10.1. The minimum absolute atomic E-state index is 0.302. The van der Waals surface area contributed by atoms with Crippen LogP contribution in [0.4, 0.5) is 0 Å². The van der Waals surface area contributed by atoms with Crippen LogP contribution in [0.25, 0.3) is 0 Å². The summed E-state index contributed by atoms with van der Waals surface area (Å²) in [6.45, 7) is 4.57. The minimum Gasteiger partial charge on any atom is -0.492 e. The molecule has 0 unspecified atom stereocenters. The van der Waals surface area contributed by atoms with Crippen molar-refractivity contribution < 1.29 is 14.2 Å². The van der Waals surface area contributed by atoms with E-state index in [4.69, 9.17) is 14.2 Å². The molecular weight excluding hydrogens is 438 g/mol. The Morgan fingerprint density at radius 2 is 1.92 bits per heavy atom. The fourth-order valence-electron chi connectivity index (χ4n) is 2.50. The highest BCUT2D eigenvalue weighted by Gasteiger charge is 2.13. The standard InChI is InChI=1S/C18H19Br2NO3/c1-2-5-22-18-13(7-14(19)8-15(18)20)10-21-9-12-3-4-16-17(6-12)24-11-23-16/h3-4,6-8,21H,2,5,9-11H2,1H3. The quantitative estimate of drug-likeness (QED) is 0.634. The average Bonchev–Trinajstić information content (AvgIpc) is 3.01. The Labute approximate surface area is 158 Å². The van der Waals surface area contributed by atoms with Gasteiger partial charge in [0.25, 0.3) is 0 Å². The molecule has 0 atom stereocenters. The summed E-state index contributed by atoms with van der Waals surface area (Å²) in [5, 5.41) is 3.46. The van der Waals surface area contributed by atoms with Crippen molar-refractivity contribution in [1.82, 2.24) is 5.32 Å². The third-order valence-electron chi connectivity index (χ3n) is 3.62. The number of fused-ring (bicyclic) bond motifs is 1. The van der Waals surface area contributed by atoms with E-state index in [0.717, 1.165) is 50.3 Å². The molecule has 2 aromatic rings. The fraction of sp³-hybridized carbons (Fsp3) is 0.333. The molecule has 0 fully saturated rings. The number of hydrogen-bond acceptors (Lipinski definition) is 4. The van der Waals surface area contributed by atoms with E-state index in [0.29, 0.717) is 19.9 Å². The summed E-state index contributed by atoms with van der Waals surface area (Å²) in [6.07, 6.45) is 0.979. The van der Waals surface area contributed by atoms with Crippen molar-refractivity contribution in [2.24, 2.45) is 0 Å². The summed E-state index contributed by atoms with van der Waals surface area (Å²) < 4.78 is 18.6. The van der Waals surface area contributed by atoms with Gasteiger partial charge in [-0.25, -0.2) is 0 Å². The first-order valence-corrected chi connectivity index (χ1v) is 9.46. The molecule has 1 aliphatic heterocycles. The molecule has 24 heavy (non-hydrogen) atoms.